The predicted molar refractivity (Wildman–Crippen MR) is 105 cm³/mol. The van der Waals surface area contributed by atoms with Crippen molar-refractivity contribution in [3.63, 3.8) is 0 Å². The first-order valence-corrected chi connectivity index (χ1v) is 8.87. The Morgan fingerprint density at radius 2 is 1.93 bits per heavy atom. The maximum atomic E-state index is 12.3. The molecule has 0 unspecified atom stereocenters. The third kappa shape index (κ3) is 3.62. The van der Waals surface area contributed by atoms with Gasteiger partial charge in [-0.15, -0.1) is 0 Å². The second-order valence-corrected chi connectivity index (χ2v) is 6.54. The SMILES string of the molecule is Cc1ccc2cccc(OCC(=O)N[C@H](C)c3cc4ccccc4o3)c2n1. The van der Waals surface area contributed by atoms with E-state index in [-0.39, 0.29) is 18.6 Å². The Bertz CT molecular complexity index is 1080. The van der Waals surface area contributed by atoms with E-state index in [0.717, 1.165) is 27.6 Å². The Kier molecular flexibility index (Phi) is 4.50. The summed E-state index contributed by atoms with van der Waals surface area (Å²) < 4.78 is 11.5. The minimum atomic E-state index is -0.249. The van der Waals surface area contributed by atoms with Crippen LogP contribution < -0.4 is 10.1 Å². The number of hydrogen-bond acceptors (Lipinski definition) is 4. The zero-order valence-corrected chi connectivity index (χ0v) is 15.2. The van der Waals surface area contributed by atoms with Crippen LogP contribution >= 0.6 is 0 Å². The van der Waals surface area contributed by atoms with Crippen LogP contribution in [0, 0.1) is 6.92 Å². The van der Waals surface area contributed by atoms with Gasteiger partial charge >= 0.3 is 0 Å². The topological polar surface area (TPSA) is 64.4 Å². The predicted octanol–water partition coefficient (Wildman–Crippen LogP) is 4.55. The molecule has 2 aromatic carbocycles. The molecule has 136 valence electrons. The number of carbonyl (C=O) groups excluding carboxylic acids is 1. The van der Waals surface area contributed by atoms with E-state index in [1.165, 1.54) is 0 Å². The van der Waals surface area contributed by atoms with Crippen LogP contribution in [-0.4, -0.2) is 17.5 Å². The van der Waals surface area contributed by atoms with Crippen LogP contribution in [0.1, 0.15) is 24.4 Å². The summed E-state index contributed by atoms with van der Waals surface area (Å²) >= 11 is 0. The molecule has 0 spiro atoms. The van der Waals surface area contributed by atoms with Crippen LogP contribution in [0.3, 0.4) is 0 Å². The summed E-state index contributed by atoms with van der Waals surface area (Å²) in [5.41, 5.74) is 2.47. The van der Waals surface area contributed by atoms with Crippen molar-refractivity contribution in [1.82, 2.24) is 10.3 Å². The molecule has 4 rings (SSSR count). The van der Waals surface area contributed by atoms with Gasteiger partial charge in [0, 0.05) is 16.5 Å². The Morgan fingerprint density at radius 3 is 2.78 bits per heavy atom. The highest BCUT2D eigenvalue weighted by atomic mass is 16.5. The van der Waals surface area contributed by atoms with Gasteiger partial charge in [-0.1, -0.05) is 36.4 Å². The van der Waals surface area contributed by atoms with Gasteiger partial charge in [0.05, 0.1) is 6.04 Å². The van der Waals surface area contributed by atoms with Gasteiger partial charge in [0.2, 0.25) is 0 Å². The van der Waals surface area contributed by atoms with Crippen molar-refractivity contribution in [2.24, 2.45) is 0 Å². The van der Waals surface area contributed by atoms with Crippen LogP contribution in [0.2, 0.25) is 0 Å². The van der Waals surface area contributed by atoms with Gasteiger partial charge in [-0.3, -0.25) is 4.79 Å². The second-order valence-electron chi connectivity index (χ2n) is 6.54. The minimum Gasteiger partial charge on any atom is -0.481 e. The lowest BCUT2D eigenvalue weighted by Crippen LogP contribution is -2.31. The zero-order valence-electron chi connectivity index (χ0n) is 15.2. The zero-order chi connectivity index (χ0) is 18.8. The highest BCUT2D eigenvalue weighted by Crippen LogP contribution is 2.25. The molecule has 0 radical (unpaired) electrons. The van der Waals surface area contributed by atoms with E-state index in [2.05, 4.69) is 10.3 Å². The molecular formula is C22H20N2O3. The number of carbonyl (C=O) groups is 1. The van der Waals surface area contributed by atoms with Crippen molar-refractivity contribution in [3.8, 4) is 5.75 Å². The number of aromatic nitrogens is 1. The molecule has 0 aliphatic heterocycles. The van der Waals surface area contributed by atoms with Gasteiger partial charge in [0.15, 0.2) is 6.61 Å². The summed E-state index contributed by atoms with van der Waals surface area (Å²) in [4.78, 5) is 16.8. The first-order valence-electron chi connectivity index (χ1n) is 8.87. The Labute approximate surface area is 157 Å². The molecule has 27 heavy (non-hydrogen) atoms. The van der Waals surface area contributed by atoms with E-state index in [1.807, 2.05) is 74.5 Å². The summed E-state index contributed by atoms with van der Waals surface area (Å²) in [6, 6.07) is 19.1. The first-order chi connectivity index (χ1) is 13.1. The average molecular weight is 360 g/mol. The third-order valence-corrected chi connectivity index (χ3v) is 4.43. The standard InChI is InChI=1S/C22H20N2O3/c1-14-10-11-16-7-5-9-19(22(16)23-14)26-13-21(25)24-15(2)20-12-17-6-3-4-8-18(17)27-20/h3-12,15H,13H2,1-2H3,(H,24,25)/t15-/m1/s1. The molecule has 2 aromatic heterocycles. The van der Waals surface area contributed by atoms with Gasteiger partial charge in [-0.25, -0.2) is 4.98 Å². The molecule has 0 aliphatic rings. The number of nitrogens with zero attached hydrogens (tertiary/aromatic N) is 1. The average Bonchev–Trinajstić information content (AvgIpc) is 3.11. The van der Waals surface area contributed by atoms with E-state index < -0.39 is 0 Å². The van der Waals surface area contributed by atoms with E-state index in [9.17, 15) is 4.79 Å². The molecule has 0 fully saturated rings. The van der Waals surface area contributed by atoms with Crippen molar-refractivity contribution in [1.29, 1.82) is 0 Å². The van der Waals surface area contributed by atoms with Crippen molar-refractivity contribution in [3.05, 3.63) is 72.1 Å². The number of rotatable bonds is 5. The maximum Gasteiger partial charge on any atom is 0.258 e. The molecule has 0 aliphatic carbocycles. The number of aryl methyl sites for hydroxylation is 1. The van der Waals surface area contributed by atoms with Crippen LogP contribution in [0.15, 0.2) is 65.1 Å². The molecule has 0 saturated carbocycles. The van der Waals surface area contributed by atoms with Crippen molar-refractivity contribution in [2.75, 3.05) is 6.61 Å². The number of furan rings is 1. The largest absolute Gasteiger partial charge is 0.481 e. The Hall–Kier alpha value is -3.34. The summed E-state index contributed by atoms with van der Waals surface area (Å²) in [7, 11) is 0. The van der Waals surface area contributed by atoms with Gasteiger partial charge in [-0.05, 0) is 38.1 Å². The maximum absolute atomic E-state index is 12.3. The van der Waals surface area contributed by atoms with Crippen LogP contribution in [-0.2, 0) is 4.79 Å². The molecule has 4 aromatic rings. The first kappa shape index (κ1) is 17.1. The molecule has 1 amide bonds. The number of amides is 1. The third-order valence-electron chi connectivity index (χ3n) is 4.43. The van der Waals surface area contributed by atoms with Crippen molar-refractivity contribution >= 4 is 27.8 Å². The number of nitrogens with one attached hydrogen (secondary N) is 1. The van der Waals surface area contributed by atoms with Crippen molar-refractivity contribution < 1.29 is 13.9 Å². The highest BCUT2D eigenvalue weighted by Gasteiger charge is 2.15. The summed E-state index contributed by atoms with van der Waals surface area (Å²) in [5, 5.41) is 4.91. The Morgan fingerprint density at radius 1 is 1.11 bits per heavy atom. The number of ether oxygens (including phenoxy) is 1. The number of fused-ring (bicyclic) bond motifs is 2. The fourth-order valence-corrected chi connectivity index (χ4v) is 3.05. The summed E-state index contributed by atoms with van der Waals surface area (Å²) in [6.45, 7) is 3.73. The van der Waals surface area contributed by atoms with Gasteiger partial charge in [0.1, 0.15) is 22.6 Å². The molecule has 5 nitrogen and oxygen atoms in total. The van der Waals surface area contributed by atoms with Gasteiger partial charge in [-0.2, -0.15) is 0 Å². The number of benzene rings is 2. The lowest BCUT2D eigenvalue weighted by Gasteiger charge is -2.13. The highest BCUT2D eigenvalue weighted by molar-refractivity contribution is 5.85. The van der Waals surface area contributed by atoms with E-state index in [0.29, 0.717) is 11.5 Å². The monoisotopic (exact) mass is 360 g/mol. The molecule has 0 saturated heterocycles. The van der Waals surface area contributed by atoms with E-state index in [4.69, 9.17) is 9.15 Å². The smallest absolute Gasteiger partial charge is 0.258 e. The molecular weight excluding hydrogens is 340 g/mol. The van der Waals surface area contributed by atoms with E-state index in [1.54, 1.807) is 0 Å². The number of para-hydroxylation sites is 2. The number of hydrogen-bond donors (Lipinski definition) is 1. The number of pyridine rings is 1. The lowest BCUT2D eigenvalue weighted by molar-refractivity contribution is -0.123. The van der Waals surface area contributed by atoms with Gasteiger partial charge < -0.3 is 14.5 Å². The quantitative estimate of drug-likeness (QED) is 0.567. The molecule has 0 bridgehead atoms. The Balaban J connectivity index is 1.43. The lowest BCUT2D eigenvalue weighted by atomic mass is 10.2. The molecule has 1 N–H and O–H groups in total. The fourth-order valence-electron chi connectivity index (χ4n) is 3.05. The molecule has 1 atom stereocenters. The molecule has 5 heteroatoms. The summed E-state index contributed by atoms with van der Waals surface area (Å²) in [6.07, 6.45) is 0. The summed E-state index contributed by atoms with van der Waals surface area (Å²) in [5.74, 6) is 1.10. The van der Waals surface area contributed by atoms with Crippen LogP contribution in [0.25, 0.3) is 21.9 Å². The van der Waals surface area contributed by atoms with Crippen molar-refractivity contribution in [2.45, 2.75) is 19.9 Å². The van der Waals surface area contributed by atoms with E-state index >= 15 is 0 Å². The fraction of sp³-hybridized carbons (Fsp3) is 0.182. The second kappa shape index (κ2) is 7.11. The van der Waals surface area contributed by atoms with Crippen LogP contribution in [0.5, 0.6) is 5.75 Å². The van der Waals surface area contributed by atoms with Gasteiger partial charge in [0.25, 0.3) is 5.91 Å². The normalized spacial score (nSPS) is 12.2. The minimum absolute atomic E-state index is 0.0840. The van der Waals surface area contributed by atoms with Crippen LogP contribution in [0.4, 0.5) is 0 Å². The molecule has 2 heterocycles.